The van der Waals surface area contributed by atoms with Crippen molar-refractivity contribution in [1.82, 2.24) is 0 Å². The van der Waals surface area contributed by atoms with Crippen LogP contribution < -0.4 is 5.32 Å². The SMILES string of the molecule is CC(Nc1ccc(Cl)cc1Br)c1sccc1Br. The molecule has 0 fully saturated rings. The minimum Gasteiger partial charge on any atom is -0.377 e. The van der Waals surface area contributed by atoms with Gasteiger partial charge in [-0.15, -0.1) is 11.3 Å². The molecule has 90 valence electrons. The summed E-state index contributed by atoms with van der Waals surface area (Å²) in [7, 11) is 0. The maximum Gasteiger partial charge on any atom is 0.0590 e. The van der Waals surface area contributed by atoms with Gasteiger partial charge in [-0.3, -0.25) is 0 Å². The first-order chi connectivity index (χ1) is 8.08. The van der Waals surface area contributed by atoms with Gasteiger partial charge in [0, 0.05) is 24.5 Å². The predicted octanol–water partition coefficient (Wildman–Crippen LogP) is 6.10. The van der Waals surface area contributed by atoms with E-state index in [-0.39, 0.29) is 6.04 Å². The van der Waals surface area contributed by atoms with Gasteiger partial charge >= 0.3 is 0 Å². The Hall–Kier alpha value is -0.0300. The number of thiophene rings is 1. The fourth-order valence-corrected chi connectivity index (χ4v) is 4.04. The Labute approximate surface area is 126 Å². The predicted molar refractivity (Wildman–Crippen MR) is 83.2 cm³/mol. The molecule has 1 nitrogen and oxygen atoms in total. The monoisotopic (exact) mass is 393 g/mol. The Balaban J connectivity index is 2.19. The average molecular weight is 396 g/mol. The summed E-state index contributed by atoms with van der Waals surface area (Å²) in [5.41, 5.74) is 1.04. The molecular formula is C12H10Br2ClNS. The molecule has 17 heavy (non-hydrogen) atoms. The molecule has 1 atom stereocenters. The van der Waals surface area contributed by atoms with Gasteiger partial charge in [-0.1, -0.05) is 11.6 Å². The van der Waals surface area contributed by atoms with Crippen molar-refractivity contribution in [2.75, 3.05) is 5.32 Å². The van der Waals surface area contributed by atoms with Gasteiger partial charge in [0.25, 0.3) is 0 Å². The first kappa shape index (κ1) is 13.4. The Morgan fingerprint density at radius 3 is 2.59 bits per heavy atom. The highest BCUT2D eigenvalue weighted by Gasteiger charge is 2.11. The molecule has 5 heteroatoms. The number of hydrogen-bond donors (Lipinski definition) is 1. The van der Waals surface area contributed by atoms with Crippen molar-refractivity contribution >= 4 is 60.5 Å². The van der Waals surface area contributed by atoms with Crippen LogP contribution in [0.2, 0.25) is 5.02 Å². The zero-order valence-electron chi connectivity index (χ0n) is 9.01. The summed E-state index contributed by atoms with van der Waals surface area (Å²) in [6, 6.07) is 8.06. The second-order valence-corrected chi connectivity index (χ2v) is 6.72. The van der Waals surface area contributed by atoms with E-state index in [1.807, 2.05) is 18.2 Å². The van der Waals surface area contributed by atoms with Crippen molar-refractivity contribution in [2.24, 2.45) is 0 Å². The number of rotatable bonds is 3. The lowest BCUT2D eigenvalue weighted by atomic mass is 10.2. The van der Waals surface area contributed by atoms with E-state index < -0.39 is 0 Å². The van der Waals surface area contributed by atoms with Crippen LogP contribution in [-0.4, -0.2) is 0 Å². The summed E-state index contributed by atoms with van der Waals surface area (Å²) >= 11 is 14.7. The van der Waals surface area contributed by atoms with Crippen molar-refractivity contribution in [2.45, 2.75) is 13.0 Å². The molecule has 1 N–H and O–H groups in total. The third kappa shape index (κ3) is 3.25. The fourth-order valence-electron chi connectivity index (χ4n) is 1.52. The highest BCUT2D eigenvalue weighted by molar-refractivity contribution is 9.11. The van der Waals surface area contributed by atoms with Crippen LogP contribution in [0.25, 0.3) is 0 Å². The van der Waals surface area contributed by atoms with Gasteiger partial charge in [-0.25, -0.2) is 0 Å². The molecule has 1 aromatic carbocycles. The highest BCUT2D eigenvalue weighted by atomic mass is 79.9. The fraction of sp³-hybridized carbons (Fsp3) is 0.167. The molecule has 0 aliphatic rings. The van der Waals surface area contributed by atoms with E-state index in [2.05, 4.69) is 55.5 Å². The topological polar surface area (TPSA) is 12.0 Å². The average Bonchev–Trinajstić information content (AvgIpc) is 2.68. The van der Waals surface area contributed by atoms with E-state index in [1.54, 1.807) is 11.3 Å². The second-order valence-electron chi connectivity index (χ2n) is 3.62. The molecule has 1 unspecified atom stereocenters. The van der Waals surface area contributed by atoms with Crippen LogP contribution in [0.5, 0.6) is 0 Å². The van der Waals surface area contributed by atoms with Crippen molar-refractivity contribution in [3.8, 4) is 0 Å². The van der Waals surface area contributed by atoms with E-state index in [0.717, 1.165) is 19.7 Å². The van der Waals surface area contributed by atoms with Crippen molar-refractivity contribution < 1.29 is 0 Å². The quantitative estimate of drug-likeness (QED) is 0.662. The molecule has 1 aromatic heterocycles. The maximum atomic E-state index is 5.92. The van der Waals surface area contributed by atoms with E-state index in [9.17, 15) is 0 Å². The number of benzene rings is 1. The van der Waals surface area contributed by atoms with Gasteiger partial charge < -0.3 is 5.32 Å². The Bertz CT molecular complexity index is 527. The van der Waals surface area contributed by atoms with Crippen LogP contribution in [0.4, 0.5) is 5.69 Å². The summed E-state index contributed by atoms with van der Waals surface area (Å²) in [6.07, 6.45) is 0. The van der Waals surface area contributed by atoms with Crippen molar-refractivity contribution in [3.05, 3.63) is 48.5 Å². The smallest absolute Gasteiger partial charge is 0.0590 e. The summed E-state index contributed by atoms with van der Waals surface area (Å²) in [4.78, 5) is 1.28. The van der Waals surface area contributed by atoms with Crippen molar-refractivity contribution in [3.63, 3.8) is 0 Å². The molecule has 1 heterocycles. The molecule has 0 spiro atoms. The molecule has 0 saturated heterocycles. The molecule has 0 aliphatic heterocycles. The van der Waals surface area contributed by atoms with Crippen molar-refractivity contribution in [1.29, 1.82) is 0 Å². The zero-order valence-corrected chi connectivity index (χ0v) is 13.8. The molecule has 0 radical (unpaired) electrons. The Morgan fingerprint density at radius 2 is 2.00 bits per heavy atom. The Kier molecular flexibility index (Phi) is 4.53. The number of hydrogen-bond acceptors (Lipinski definition) is 2. The lowest BCUT2D eigenvalue weighted by molar-refractivity contribution is 0.902. The molecule has 2 rings (SSSR count). The third-order valence-corrected chi connectivity index (χ3v) is 5.29. The van der Waals surface area contributed by atoms with Gasteiger partial charge in [0.2, 0.25) is 0 Å². The lowest BCUT2D eigenvalue weighted by Crippen LogP contribution is -2.05. The van der Waals surface area contributed by atoms with Gasteiger partial charge in [0.15, 0.2) is 0 Å². The minimum absolute atomic E-state index is 0.252. The molecule has 0 bridgehead atoms. The van der Waals surface area contributed by atoms with Crippen LogP contribution in [0.3, 0.4) is 0 Å². The summed E-state index contributed by atoms with van der Waals surface area (Å²) in [6.45, 7) is 2.14. The molecular weight excluding hydrogens is 385 g/mol. The van der Waals surface area contributed by atoms with Crippen LogP contribution in [0.1, 0.15) is 17.8 Å². The number of halogens is 3. The first-order valence-electron chi connectivity index (χ1n) is 5.02. The molecule has 2 aromatic rings. The standard InChI is InChI=1S/C12H10Br2ClNS/c1-7(12-9(13)4-5-17-12)16-11-3-2-8(15)6-10(11)14/h2-7,16H,1H3. The van der Waals surface area contributed by atoms with Gasteiger partial charge in [-0.2, -0.15) is 0 Å². The summed E-state index contributed by atoms with van der Waals surface area (Å²) < 4.78 is 2.12. The first-order valence-corrected chi connectivity index (χ1v) is 7.87. The van der Waals surface area contributed by atoms with E-state index in [1.165, 1.54) is 4.88 Å². The number of anilines is 1. The van der Waals surface area contributed by atoms with Gasteiger partial charge in [0.05, 0.1) is 6.04 Å². The van der Waals surface area contributed by atoms with Gasteiger partial charge in [0.1, 0.15) is 0 Å². The highest BCUT2D eigenvalue weighted by Crippen LogP contribution is 2.33. The van der Waals surface area contributed by atoms with E-state index in [0.29, 0.717) is 0 Å². The largest absolute Gasteiger partial charge is 0.377 e. The third-order valence-electron chi connectivity index (χ3n) is 2.34. The molecule has 0 amide bonds. The second kappa shape index (κ2) is 5.74. The van der Waals surface area contributed by atoms with Crippen LogP contribution in [0.15, 0.2) is 38.6 Å². The Morgan fingerprint density at radius 1 is 1.24 bits per heavy atom. The van der Waals surface area contributed by atoms with E-state index >= 15 is 0 Å². The van der Waals surface area contributed by atoms with Crippen LogP contribution >= 0.6 is 54.8 Å². The number of nitrogens with one attached hydrogen (secondary N) is 1. The normalized spacial score (nSPS) is 12.5. The molecule has 0 aliphatic carbocycles. The summed E-state index contributed by atoms with van der Waals surface area (Å²) in [5, 5.41) is 6.26. The van der Waals surface area contributed by atoms with Gasteiger partial charge in [-0.05, 0) is 68.4 Å². The molecule has 0 saturated carbocycles. The van der Waals surface area contributed by atoms with Crippen LogP contribution in [0, 0.1) is 0 Å². The van der Waals surface area contributed by atoms with Crippen LogP contribution in [-0.2, 0) is 0 Å². The maximum absolute atomic E-state index is 5.92. The zero-order chi connectivity index (χ0) is 12.4. The minimum atomic E-state index is 0.252. The van der Waals surface area contributed by atoms with E-state index in [4.69, 9.17) is 11.6 Å². The summed E-state index contributed by atoms with van der Waals surface area (Å²) in [5.74, 6) is 0. The lowest BCUT2D eigenvalue weighted by Gasteiger charge is -2.16.